The predicted molar refractivity (Wildman–Crippen MR) is 76.6 cm³/mol. The first kappa shape index (κ1) is 13.4. The third kappa shape index (κ3) is 4.00. The number of benzene rings is 2. The Balaban J connectivity index is 1.97. The summed E-state index contributed by atoms with van der Waals surface area (Å²) in [6, 6.07) is 15.1. The molecule has 2 aromatic carbocycles. The summed E-state index contributed by atoms with van der Waals surface area (Å²) in [6.45, 7) is 0.650. The van der Waals surface area contributed by atoms with Crippen molar-refractivity contribution in [1.82, 2.24) is 0 Å². The Morgan fingerprint density at radius 2 is 1.68 bits per heavy atom. The third-order valence-electron chi connectivity index (χ3n) is 2.74. The molecule has 0 heterocycles. The number of aliphatic carboxylic acids is 1. The summed E-state index contributed by atoms with van der Waals surface area (Å²) in [4.78, 5) is 10.6. The van der Waals surface area contributed by atoms with Gasteiger partial charge in [0.2, 0.25) is 0 Å². The van der Waals surface area contributed by atoms with Gasteiger partial charge in [0.15, 0.2) is 0 Å². The molecule has 0 unspecified atom stereocenters. The second kappa shape index (κ2) is 6.25. The zero-order valence-corrected chi connectivity index (χ0v) is 11.0. The Labute approximate surface area is 116 Å². The lowest BCUT2D eigenvalue weighted by Crippen LogP contribution is -2.02. The van der Waals surface area contributed by atoms with Crippen molar-refractivity contribution in [3.8, 4) is 0 Å². The van der Waals surface area contributed by atoms with Crippen molar-refractivity contribution >= 4 is 23.3 Å². The van der Waals surface area contributed by atoms with E-state index in [9.17, 15) is 4.79 Å². The van der Waals surface area contributed by atoms with E-state index in [0.29, 0.717) is 11.6 Å². The van der Waals surface area contributed by atoms with E-state index in [-0.39, 0.29) is 6.42 Å². The zero-order chi connectivity index (χ0) is 13.7. The van der Waals surface area contributed by atoms with Crippen LogP contribution >= 0.6 is 11.6 Å². The van der Waals surface area contributed by atoms with Gasteiger partial charge in [-0.3, -0.25) is 4.79 Å². The first-order valence-electron chi connectivity index (χ1n) is 5.93. The summed E-state index contributed by atoms with van der Waals surface area (Å²) in [5.74, 6) is -0.818. The summed E-state index contributed by atoms with van der Waals surface area (Å²) in [6.07, 6.45) is 0.0538. The zero-order valence-electron chi connectivity index (χ0n) is 10.3. The van der Waals surface area contributed by atoms with Crippen molar-refractivity contribution in [2.75, 3.05) is 5.32 Å². The average Bonchev–Trinajstić information content (AvgIpc) is 2.39. The molecule has 2 rings (SSSR count). The Bertz CT molecular complexity index is 567. The molecule has 0 aliphatic rings. The molecular formula is C15H14ClNO2. The fourth-order valence-electron chi connectivity index (χ4n) is 1.75. The highest BCUT2D eigenvalue weighted by Gasteiger charge is 2.01. The van der Waals surface area contributed by atoms with Crippen LogP contribution in [-0.2, 0) is 17.8 Å². The topological polar surface area (TPSA) is 49.3 Å². The van der Waals surface area contributed by atoms with Crippen LogP contribution in [0.3, 0.4) is 0 Å². The molecule has 0 radical (unpaired) electrons. The minimum absolute atomic E-state index is 0.0538. The Morgan fingerprint density at radius 1 is 1.05 bits per heavy atom. The quantitative estimate of drug-likeness (QED) is 0.877. The van der Waals surface area contributed by atoms with Gasteiger partial charge in [0.25, 0.3) is 0 Å². The number of carboxylic acid groups (broad SMARTS) is 1. The van der Waals surface area contributed by atoms with Crippen LogP contribution in [0.2, 0.25) is 5.02 Å². The van der Waals surface area contributed by atoms with Gasteiger partial charge < -0.3 is 10.4 Å². The summed E-state index contributed by atoms with van der Waals surface area (Å²) in [7, 11) is 0. The summed E-state index contributed by atoms with van der Waals surface area (Å²) >= 11 is 6.05. The van der Waals surface area contributed by atoms with Crippen LogP contribution in [0.25, 0.3) is 0 Å². The van der Waals surface area contributed by atoms with E-state index < -0.39 is 5.97 Å². The number of halogens is 1. The van der Waals surface area contributed by atoms with Crippen molar-refractivity contribution in [3.63, 3.8) is 0 Å². The van der Waals surface area contributed by atoms with Crippen molar-refractivity contribution in [2.24, 2.45) is 0 Å². The smallest absolute Gasteiger partial charge is 0.307 e. The number of hydrogen-bond acceptors (Lipinski definition) is 2. The molecule has 19 heavy (non-hydrogen) atoms. The molecule has 2 aromatic rings. The lowest BCUT2D eigenvalue weighted by atomic mass is 10.1. The molecule has 0 saturated heterocycles. The van der Waals surface area contributed by atoms with Gasteiger partial charge in [0.1, 0.15) is 0 Å². The van der Waals surface area contributed by atoms with Crippen molar-refractivity contribution in [1.29, 1.82) is 0 Å². The number of hydrogen-bond donors (Lipinski definition) is 2. The van der Waals surface area contributed by atoms with E-state index in [1.54, 1.807) is 0 Å². The minimum atomic E-state index is -0.818. The van der Waals surface area contributed by atoms with Gasteiger partial charge in [0, 0.05) is 6.54 Å². The van der Waals surface area contributed by atoms with Gasteiger partial charge in [-0.1, -0.05) is 48.0 Å². The van der Waals surface area contributed by atoms with Crippen molar-refractivity contribution in [2.45, 2.75) is 13.0 Å². The summed E-state index contributed by atoms with van der Waals surface area (Å²) in [5, 5.41) is 12.6. The van der Waals surface area contributed by atoms with E-state index in [0.717, 1.165) is 16.8 Å². The lowest BCUT2D eigenvalue weighted by Gasteiger charge is -2.08. The highest BCUT2D eigenvalue weighted by atomic mass is 35.5. The SMILES string of the molecule is O=C(O)Cc1ccc(CNc2ccccc2Cl)cc1. The highest BCUT2D eigenvalue weighted by Crippen LogP contribution is 2.21. The molecule has 2 N–H and O–H groups in total. The first-order valence-corrected chi connectivity index (χ1v) is 6.31. The second-order valence-electron chi connectivity index (χ2n) is 4.22. The van der Waals surface area contributed by atoms with Crippen LogP contribution < -0.4 is 5.32 Å². The molecule has 0 aliphatic heterocycles. The molecular weight excluding hydrogens is 262 g/mol. The fraction of sp³-hybridized carbons (Fsp3) is 0.133. The Hall–Kier alpha value is -2.00. The third-order valence-corrected chi connectivity index (χ3v) is 3.06. The fourth-order valence-corrected chi connectivity index (χ4v) is 1.95. The number of carboxylic acids is 1. The molecule has 0 spiro atoms. The van der Waals surface area contributed by atoms with Crippen LogP contribution in [0.5, 0.6) is 0 Å². The van der Waals surface area contributed by atoms with E-state index in [4.69, 9.17) is 16.7 Å². The van der Waals surface area contributed by atoms with Crippen LogP contribution in [0.15, 0.2) is 48.5 Å². The van der Waals surface area contributed by atoms with E-state index >= 15 is 0 Å². The molecule has 0 amide bonds. The van der Waals surface area contributed by atoms with Gasteiger partial charge in [-0.25, -0.2) is 0 Å². The Morgan fingerprint density at radius 3 is 2.32 bits per heavy atom. The van der Waals surface area contributed by atoms with Crippen LogP contribution in [0.1, 0.15) is 11.1 Å². The van der Waals surface area contributed by atoms with Gasteiger partial charge >= 0.3 is 5.97 Å². The number of para-hydroxylation sites is 1. The molecule has 4 heteroatoms. The van der Waals surface area contributed by atoms with Gasteiger partial charge in [0.05, 0.1) is 17.1 Å². The maximum Gasteiger partial charge on any atom is 0.307 e. The normalized spacial score (nSPS) is 10.2. The molecule has 0 atom stereocenters. The Kier molecular flexibility index (Phi) is 4.42. The maximum atomic E-state index is 10.6. The first-order chi connectivity index (χ1) is 9.15. The summed E-state index contributed by atoms with van der Waals surface area (Å²) < 4.78 is 0. The van der Waals surface area contributed by atoms with E-state index in [1.807, 2.05) is 48.5 Å². The standard InChI is InChI=1S/C15H14ClNO2/c16-13-3-1-2-4-14(13)17-10-12-7-5-11(6-8-12)9-15(18)19/h1-8,17H,9-10H2,(H,18,19). The van der Waals surface area contributed by atoms with Gasteiger partial charge in [-0.15, -0.1) is 0 Å². The molecule has 0 aliphatic carbocycles. The van der Waals surface area contributed by atoms with Gasteiger partial charge in [-0.2, -0.15) is 0 Å². The number of rotatable bonds is 5. The number of nitrogens with one attached hydrogen (secondary N) is 1. The van der Waals surface area contributed by atoms with E-state index in [2.05, 4.69) is 5.32 Å². The molecule has 0 fully saturated rings. The molecule has 98 valence electrons. The van der Waals surface area contributed by atoms with Crippen molar-refractivity contribution in [3.05, 3.63) is 64.7 Å². The predicted octanol–water partition coefficient (Wildman–Crippen LogP) is 3.58. The molecule has 0 saturated carbocycles. The number of carbonyl (C=O) groups is 1. The summed E-state index contributed by atoms with van der Waals surface area (Å²) in [5.41, 5.74) is 2.77. The van der Waals surface area contributed by atoms with Gasteiger partial charge in [-0.05, 0) is 23.3 Å². The van der Waals surface area contributed by atoms with Crippen molar-refractivity contribution < 1.29 is 9.90 Å². The second-order valence-corrected chi connectivity index (χ2v) is 4.63. The molecule has 3 nitrogen and oxygen atoms in total. The van der Waals surface area contributed by atoms with Crippen LogP contribution in [0.4, 0.5) is 5.69 Å². The van der Waals surface area contributed by atoms with Crippen LogP contribution in [-0.4, -0.2) is 11.1 Å². The molecule has 0 bridgehead atoms. The minimum Gasteiger partial charge on any atom is -0.481 e. The van der Waals surface area contributed by atoms with E-state index in [1.165, 1.54) is 0 Å². The molecule has 0 aromatic heterocycles. The largest absolute Gasteiger partial charge is 0.481 e. The lowest BCUT2D eigenvalue weighted by molar-refractivity contribution is -0.136. The maximum absolute atomic E-state index is 10.6. The average molecular weight is 276 g/mol. The number of anilines is 1. The highest BCUT2D eigenvalue weighted by molar-refractivity contribution is 6.33. The monoisotopic (exact) mass is 275 g/mol. The van der Waals surface area contributed by atoms with Crippen LogP contribution in [0, 0.1) is 0 Å².